The van der Waals surface area contributed by atoms with Gasteiger partial charge in [0.2, 0.25) is 5.91 Å². The number of ether oxygens (including phenoxy) is 1. The van der Waals surface area contributed by atoms with Crippen LogP contribution in [0.15, 0.2) is 18.2 Å². The molecule has 138 valence electrons. The Morgan fingerprint density at radius 1 is 1.48 bits per heavy atom. The lowest BCUT2D eigenvalue weighted by molar-refractivity contribution is -0.385. The first-order valence-electron chi connectivity index (χ1n) is 8.11. The molecule has 1 aromatic carbocycles. The number of aliphatic hydroxyl groups is 1. The Labute approximate surface area is 151 Å². The molecule has 0 aromatic heterocycles. The molecular weight excluding hydrogens is 350 g/mol. The number of β-amino-alcohol motifs (C(OH)–C–C–N with tert-alkyl or cyclic N) is 1. The average molecular weight is 372 g/mol. The number of aliphatic hydroxyl groups excluding tert-OH is 1. The monoisotopic (exact) mass is 371 g/mol. The first-order chi connectivity index (χ1) is 11.9. The molecule has 8 nitrogen and oxygen atoms in total. The summed E-state index contributed by atoms with van der Waals surface area (Å²) in [6, 6.07) is 4.35. The predicted molar refractivity (Wildman–Crippen MR) is 92.9 cm³/mol. The van der Waals surface area contributed by atoms with Crippen LogP contribution in [-0.4, -0.2) is 71.2 Å². The third-order valence-corrected chi connectivity index (χ3v) is 4.43. The molecule has 1 fully saturated rings. The lowest BCUT2D eigenvalue weighted by Gasteiger charge is -2.39. The van der Waals surface area contributed by atoms with Gasteiger partial charge in [-0.1, -0.05) is 11.6 Å². The minimum atomic E-state index is -0.564. The molecule has 1 aliphatic heterocycles. The number of halogens is 1. The summed E-state index contributed by atoms with van der Waals surface area (Å²) in [5.74, 6) is 0.0513. The maximum Gasteiger partial charge on any atom is 0.312 e. The third kappa shape index (κ3) is 5.29. The minimum Gasteiger partial charge on any atom is -0.486 e. The minimum absolute atomic E-state index is 0.0490. The van der Waals surface area contributed by atoms with Gasteiger partial charge in [-0.15, -0.1) is 0 Å². The summed E-state index contributed by atoms with van der Waals surface area (Å²) < 4.78 is 5.41. The predicted octanol–water partition coefficient (Wildman–Crippen LogP) is 1.54. The molecule has 1 atom stereocenters. The fraction of sp³-hybridized carbons (Fsp3) is 0.562. The van der Waals surface area contributed by atoms with Crippen molar-refractivity contribution in [1.29, 1.82) is 0 Å². The Bertz CT molecular complexity index is 628. The van der Waals surface area contributed by atoms with E-state index in [-0.39, 0.29) is 48.0 Å². The van der Waals surface area contributed by atoms with E-state index in [0.29, 0.717) is 19.6 Å². The molecule has 1 aromatic rings. The molecule has 0 saturated carbocycles. The summed E-state index contributed by atoms with van der Waals surface area (Å²) >= 11 is 5.75. The van der Waals surface area contributed by atoms with E-state index < -0.39 is 4.92 Å². The van der Waals surface area contributed by atoms with Crippen molar-refractivity contribution in [1.82, 2.24) is 9.80 Å². The smallest absolute Gasteiger partial charge is 0.312 e. The average Bonchev–Trinajstić information content (AvgIpc) is 2.57. The standard InChI is InChI=1S/C16H22ClN3O5/c1-12-11-19(6-5-18(12)7-8-21)16(22)4-9-25-15-3-2-13(17)10-14(15)20(23)24/h2-3,10,12,21H,4-9,11H2,1H3. The molecular formula is C16H22ClN3O5. The van der Waals surface area contributed by atoms with Gasteiger partial charge in [0.1, 0.15) is 0 Å². The molecule has 0 radical (unpaired) electrons. The zero-order valence-corrected chi connectivity index (χ0v) is 14.8. The molecule has 1 amide bonds. The molecule has 25 heavy (non-hydrogen) atoms. The maximum absolute atomic E-state index is 12.3. The second-order valence-corrected chi connectivity index (χ2v) is 6.35. The first kappa shape index (κ1) is 19.4. The normalized spacial score (nSPS) is 18.2. The number of rotatable bonds is 7. The topological polar surface area (TPSA) is 96.2 Å². The molecule has 2 rings (SSSR count). The van der Waals surface area contributed by atoms with Gasteiger partial charge >= 0.3 is 5.69 Å². The van der Waals surface area contributed by atoms with Crippen LogP contribution in [0.3, 0.4) is 0 Å². The van der Waals surface area contributed by atoms with Crippen molar-refractivity contribution in [2.75, 3.05) is 39.4 Å². The molecule has 0 aliphatic carbocycles. The highest BCUT2D eigenvalue weighted by Crippen LogP contribution is 2.29. The number of nitro groups is 1. The Morgan fingerprint density at radius 3 is 2.88 bits per heavy atom. The van der Waals surface area contributed by atoms with E-state index >= 15 is 0 Å². The van der Waals surface area contributed by atoms with Crippen molar-refractivity contribution >= 4 is 23.2 Å². The number of benzene rings is 1. The molecule has 1 unspecified atom stereocenters. The molecule has 1 saturated heterocycles. The SMILES string of the molecule is CC1CN(C(=O)CCOc2ccc(Cl)cc2[N+](=O)[O-])CCN1CCO. The van der Waals surface area contributed by atoms with E-state index in [1.807, 2.05) is 6.92 Å². The van der Waals surface area contributed by atoms with E-state index in [1.165, 1.54) is 18.2 Å². The zero-order chi connectivity index (χ0) is 18.4. The van der Waals surface area contributed by atoms with Crippen LogP contribution in [0.2, 0.25) is 5.02 Å². The van der Waals surface area contributed by atoms with Crippen LogP contribution in [0.25, 0.3) is 0 Å². The molecule has 1 aliphatic rings. The van der Waals surface area contributed by atoms with Gasteiger partial charge in [0.25, 0.3) is 0 Å². The lowest BCUT2D eigenvalue weighted by atomic mass is 10.2. The number of hydrogen-bond acceptors (Lipinski definition) is 6. The molecule has 0 bridgehead atoms. The summed E-state index contributed by atoms with van der Waals surface area (Å²) in [5.41, 5.74) is -0.216. The van der Waals surface area contributed by atoms with Crippen LogP contribution in [0, 0.1) is 10.1 Å². The zero-order valence-electron chi connectivity index (χ0n) is 14.1. The highest BCUT2D eigenvalue weighted by Gasteiger charge is 2.26. The summed E-state index contributed by atoms with van der Waals surface area (Å²) in [6.45, 7) is 4.70. The lowest BCUT2D eigenvalue weighted by Crippen LogP contribution is -2.54. The summed E-state index contributed by atoms with van der Waals surface area (Å²) in [4.78, 5) is 26.6. The van der Waals surface area contributed by atoms with Crippen LogP contribution >= 0.6 is 11.6 Å². The second kappa shape index (κ2) is 8.98. The van der Waals surface area contributed by atoms with E-state index in [1.54, 1.807) is 4.90 Å². The van der Waals surface area contributed by atoms with Gasteiger partial charge in [-0.25, -0.2) is 0 Å². The largest absolute Gasteiger partial charge is 0.486 e. The molecule has 0 spiro atoms. The first-order valence-corrected chi connectivity index (χ1v) is 8.49. The molecule has 9 heteroatoms. The van der Waals surface area contributed by atoms with E-state index in [9.17, 15) is 14.9 Å². The van der Waals surface area contributed by atoms with Crippen molar-refractivity contribution in [2.24, 2.45) is 0 Å². The summed E-state index contributed by atoms with van der Waals surface area (Å²) in [6.07, 6.45) is 0.145. The Hall–Kier alpha value is -1.90. The third-order valence-electron chi connectivity index (χ3n) is 4.20. The van der Waals surface area contributed by atoms with Crippen molar-refractivity contribution in [3.05, 3.63) is 33.3 Å². The van der Waals surface area contributed by atoms with Gasteiger partial charge in [0.15, 0.2) is 5.75 Å². The van der Waals surface area contributed by atoms with Crippen molar-refractivity contribution < 1.29 is 19.6 Å². The van der Waals surface area contributed by atoms with Crippen molar-refractivity contribution in [3.8, 4) is 5.75 Å². The number of piperazine rings is 1. The number of nitrogens with zero attached hydrogens (tertiary/aromatic N) is 3. The van der Waals surface area contributed by atoms with Crippen LogP contribution in [0.4, 0.5) is 5.69 Å². The Balaban J connectivity index is 1.84. The van der Waals surface area contributed by atoms with Crippen LogP contribution < -0.4 is 4.74 Å². The molecule has 1 heterocycles. The number of carbonyl (C=O) groups is 1. The fourth-order valence-corrected chi connectivity index (χ4v) is 3.01. The molecule has 1 N–H and O–H groups in total. The van der Waals surface area contributed by atoms with Gasteiger partial charge < -0.3 is 14.7 Å². The van der Waals surface area contributed by atoms with Gasteiger partial charge in [0, 0.05) is 43.3 Å². The van der Waals surface area contributed by atoms with Crippen molar-refractivity contribution in [2.45, 2.75) is 19.4 Å². The number of nitro benzene ring substituents is 1. The van der Waals surface area contributed by atoms with Crippen LogP contribution in [-0.2, 0) is 4.79 Å². The fourth-order valence-electron chi connectivity index (χ4n) is 2.84. The Kier molecular flexibility index (Phi) is 6.98. The Morgan fingerprint density at radius 2 is 2.24 bits per heavy atom. The van der Waals surface area contributed by atoms with E-state index in [0.717, 1.165) is 6.54 Å². The quantitative estimate of drug-likeness (QED) is 0.577. The highest BCUT2D eigenvalue weighted by molar-refractivity contribution is 6.30. The van der Waals surface area contributed by atoms with Crippen molar-refractivity contribution in [3.63, 3.8) is 0 Å². The second-order valence-electron chi connectivity index (χ2n) is 5.92. The van der Waals surface area contributed by atoms with Crippen LogP contribution in [0.5, 0.6) is 5.75 Å². The van der Waals surface area contributed by atoms with E-state index in [4.69, 9.17) is 21.4 Å². The summed E-state index contributed by atoms with van der Waals surface area (Å²) in [7, 11) is 0. The van der Waals surface area contributed by atoms with Gasteiger partial charge in [-0.05, 0) is 19.1 Å². The van der Waals surface area contributed by atoms with E-state index in [2.05, 4.69) is 4.90 Å². The van der Waals surface area contributed by atoms with Gasteiger partial charge in [-0.3, -0.25) is 19.8 Å². The maximum atomic E-state index is 12.3. The number of carbonyl (C=O) groups excluding carboxylic acids is 1. The summed E-state index contributed by atoms with van der Waals surface area (Å²) in [5, 5.41) is 20.3. The van der Waals surface area contributed by atoms with Gasteiger partial charge in [-0.2, -0.15) is 0 Å². The van der Waals surface area contributed by atoms with Crippen LogP contribution in [0.1, 0.15) is 13.3 Å². The number of hydrogen-bond donors (Lipinski definition) is 1. The highest BCUT2D eigenvalue weighted by atomic mass is 35.5. The number of amides is 1. The van der Waals surface area contributed by atoms with Gasteiger partial charge in [0.05, 0.1) is 24.6 Å².